The van der Waals surface area contributed by atoms with Crippen LogP contribution in [0.3, 0.4) is 0 Å². The lowest BCUT2D eigenvalue weighted by atomic mass is 9.85. The maximum atomic E-state index is 4.56. The molecule has 0 bridgehead atoms. The number of hydrogen-bond acceptors (Lipinski definition) is 1. The molecule has 0 spiro atoms. The molecule has 1 heteroatoms. The van der Waals surface area contributed by atoms with Crippen molar-refractivity contribution in [3.63, 3.8) is 0 Å². The van der Waals surface area contributed by atoms with Crippen molar-refractivity contribution >= 4 is 0 Å². The number of pyridine rings is 1. The van der Waals surface area contributed by atoms with Crippen LogP contribution in [-0.2, 0) is 6.42 Å². The molecule has 1 aliphatic carbocycles. The van der Waals surface area contributed by atoms with E-state index in [0.717, 1.165) is 18.0 Å². The lowest BCUT2D eigenvalue weighted by molar-refractivity contribution is 0.329. The zero-order valence-electron chi connectivity index (χ0n) is 11.1. The highest BCUT2D eigenvalue weighted by Crippen LogP contribution is 2.27. The maximum absolute atomic E-state index is 4.56. The van der Waals surface area contributed by atoms with Gasteiger partial charge in [0.2, 0.25) is 0 Å². The van der Waals surface area contributed by atoms with Gasteiger partial charge in [0.1, 0.15) is 0 Å². The van der Waals surface area contributed by atoms with E-state index in [9.17, 15) is 0 Å². The Kier molecular flexibility index (Phi) is 5.03. The Morgan fingerprint density at radius 2 is 1.94 bits per heavy atom. The van der Waals surface area contributed by atoms with Crippen molar-refractivity contribution in [2.45, 2.75) is 64.7 Å². The molecule has 0 amide bonds. The molecule has 1 heterocycles. The molecule has 0 radical (unpaired) electrons. The van der Waals surface area contributed by atoms with E-state index in [4.69, 9.17) is 0 Å². The van der Waals surface area contributed by atoms with Gasteiger partial charge in [-0.3, -0.25) is 4.98 Å². The van der Waals surface area contributed by atoms with Gasteiger partial charge in [-0.15, -0.1) is 0 Å². The molecule has 2 rings (SSSR count). The normalized spacial score (nSPS) is 17.2. The van der Waals surface area contributed by atoms with E-state index in [2.05, 4.69) is 30.1 Å². The first-order valence-corrected chi connectivity index (χ1v) is 7.27. The summed E-state index contributed by atoms with van der Waals surface area (Å²) in [7, 11) is 0. The van der Waals surface area contributed by atoms with Crippen molar-refractivity contribution in [1.82, 2.24) is 4.98 Å². The minimum absolute atomic E-state index is 1.04. The number of hydrogen-bond donors (Lipinski definition) is 0. The van der Waals surface area contributed by atoms with Crippen LogP contribution in [0.15, 0.2) is 18.2 Å². The van der Waals surface area contributed by atoms with E-state index >= 15 is 0 Å². The summed E-state index contributed by atoms with van der Waals surface area (Å²) in [6.07, 6.45) is 12.7. The van der Waals surface area contributed by atoms with Gasteiger partial charge < -0.3 is 0 Å². The minimum atomic E-state index is 1.04. The third kappa shape index (κ3) is 4.49. The predicted octanol–water partition coefficient (Wildman–Crippen LogP) is 4.68. The van der Waals surface area contributed by atoms with Gasteiger partial charge in [0.25, 0.3) is 0 Å². The van der Waals surface area contributed by atoms with Crippen molar-refractivity contribution in [2.24, 2.45) is 5.92 Å². The molecular formula is C16H25N. The van der Waals surface area contributed by atoms with Gasteiger partial charge in [-0.2, -0.15) is 0 Å². The highest BCUT2D eigenvalue weighted by Gasteiger charge is 2.12. The molecule has 1 aromatic heterocycles. The largest absolute Gasteiger partial charge is 0.258 e. The molecule has 1 aromatic rings. The summed E-state index contributed by atoms with van der Waals surface area (Å²) in [4.78, 5) is 4.56. The van der Waals surface area contributed by atoms with E-state index in [1.165, 1.54) is 57.1 Å². The maximum Gasteiger partial charge on any atom is 0.0406 e. The van der Waals surface area contributed by atoms with Crippen molar-refractivity contribution in [3.8, 4) is 0 Å². The van der Waals surface area contributed by atoms with Crippen molar-refractivity contribution in [3.05, 3.63) is 29.6 Å². The molecule has 17 heavy (non-hydrogen) atoms. The van der Waals surface area contributed by atoms with E-state index in [1.54, 1.807) is 0 Å². The smallest absolute Gasteiger partial charge is 0.0406 e. The molecule has 94 valence electrons. The molecule has 0 atom stereocenters. The van der Waals surface area contributed by atoms with Gasteiger partial charge >= 0.3 is 0 Å². The second-order valence-electron chi connectivity index (χ2n) is 5.52. The Hall–Kier alpha value is -0.850. The van der Waals surface area contributed by atoms with E-state index < -0.39 is 0 Å². The van der Waals surface area contributed by atoms with Crippen LogP contribution in [0.25, 0.3) is 0 Å². The van der Waals surface area contributed by atoms with Crippen LogP contribution in [0.1, 0.15) is 62.8 Å². The highest BCUT2D eigenvalue weighted by atomic mass is 14.7. The molecule has 1 aliphatic rings. The molecule has 0 N–H and O–H groups in total. The molecular weight excluding hydrogens is 206 g/mol. The summed E-state index contributed by atoms with van der Waals surface area (Å²) in [5, 5.41) is 0. The predicted molar refractivity (Wildman–Crippen MR) is 73.1 cm³/mol. The summed E-state index contributed by atoms with van der Waals surface area (Å²) in [6, 6.07) is 6.36. The molecule has 0 unspecified atom stereocenters. The average Bonchev–Trinajstić information content (AvgIpc) is 2.36. The average molecular weight is 231 g/mol. The van der Waals surface area contributed by atoms with Crippen LogP contribution in [0.5, 0.6) is 0 Å². The summed E-state index contributed by atoms with van der Waals surface area (Å²) in [5.41, 5.74) is 2.42. The van der Waals surface area contributed by atoms with Crippen LogP contribution in [0, 0.1) is 12.8 Å². The first kappa shape index (κ1) is 12.6. The van der Waals surface area contributed by atoms with Gasteiger partial charge in [-0.1, -0.05) is 51.0 Å². The van der Waals surface area contributed by atoms with Gasteiger partial charge in [0.05, 0.1) is 0 Å². The third-order valence-electron chi connectivity index (χ3n) is 3.97. The van der Waals surface area contributed by atoms with Gasteiger partial charge in [0, 0.05) is 11.4 Å². The van der Waals surface area contributed by atoms with Crippen molar-refractivity contribution in [1.29, 1.82) is 0 Å². The number of unbranched alkanes of at least 4 members (excludes halogenated alkanes) is 1. The number of nitrogens with zero attached hydrogens (tertiary/aromatic N) is 1. The molecule has 1 fully saturated rings. The zero-order valence-corrected chi connectivity index (χ0v) is 11.1. The van der Waals surface area contributed by atoms with Crippen LogP contribution < -0.4 is 0 Å². The Morgan fingerprint density at radius 1 is 1.12 bits per heavy atom. The Balaban J connectivity index is 1.62. The Bertz CT molecular complexity index is 326. The second kappa shape index (κ2) is 6.78. The SMILES string of the molecule is Cc1cccc(CCCCC2CCCCC2)n1. The number of aryl methyl sites for hydroxylation is 2. The summed E-state index contributed by atoms with van der Waals surface area (Å²) >= 11 is 0. The molecule has 0 aromatic carbocycles. The Labute approximate surface area is 106 Å². The third-order valence-corrected chi connectivity index (χ3v) is 3.97. The van der Waals surface area contributed by atoms with Crippen LogP contribution in [-0.4, -0.2) is 4.98 Å². The molecule has 1 nitrogen and oxygen atoms in total. The van der Waals surface area contributed by atoms with Crippen LogP contribution in [0.4, 0.5) is 0 Å². The summed E-state index contributed by atoms with van der Waals surface area (Å²) in [6.45, 7) is 2.07. The van der Waals surface area contributed by atoms with Crippen LogP contribution >= 0.6 is 0 Å². The molecule has 0 saturated heterocycles. The van der Waals surface area contributed by atoms with Gasteiger partial charge in [0.15, 0.2) is 0 Å². The molecule has 1 saturated carbocycles. The lowest BCUT2D eigenvalue weighted by Crippen LogP contribution is -2.06. The fourth-order valence-electron chi connectivity index (χ4n) is 2.95. The van der Waals surface area contributed by atoms with Gasteiger partial charge in [-0.25, -0.2) is 0 Å². The van der Waals surface area contributed by atoms with Crippen LogP contribution in [0.2, 0.25) is 0 Å². The quantitative estimate of drug-likeness (QED) is 0.670. The molecule has 0 aliphatic heterocycles. The summed E-state index contributed by atoms with van der Waals surface area (Å²) < 4.78 is 0. The van der Waals surface area contributed by atoms with Gasteiger partial charge in [-0.05, 0) is 37.8 Å². The Morgan fingerprint density at radius 3 is 2.71 bits per heavy atom. The standard InChI is InChI=1S/C16H25N/c1-14-8-7-13-16(17-14)12-6-5-11-15-9-3-2-4-10-15/h7-8,13,15H,2-6,9-12H2,1H3. The topological polar surface area (TPSA) is 12.9 Å². The summed E-state index contributed by atoms with van der Waals surface area (Å²) in [5.74, 6) is 1.04. The van der Waals surface area contributed by atoms with E-state index in [-0.39, 0.29) is 0 Å². The monoisotopic (exact) mass is 231 g/mol. The lowest BCUT2D eigenvalue weighted by Gasteiger charge is -2.21. The number of aromatic nitrogens is 1. The van der Waals surface area contributed by atoms with E-state index in [1.807, 2.05) is 0 Å². The van der Waals surface area contributed by atoms with E-state index in [0.29, 0.717) is 0 Å². The first-order valence-electron chi connectivity index (χ1n) is 7.27. The highest BCUT2D eigenvalue weighted by molar-refractivity contribution is 5.09. The first-order chi connectivity index (χ1) is 8.34. The second-order valence-corrected chi connectivity index (χ2v) is 5.52. The van der Waals surface area contributed by atoms with Crippen molar-refractivity contribution in [2.75, 3.05) is 0 Å². The van der Waals surface area contributed by atoms with Crippen molar-refractivity contribution < 1.29 is 0 Å². The fraction of sp³-hybridized carbons (Fsp3) is 0.688. The number of rotatable bonds is 5. The minimum Gasteiger partial charge on any atom is -0.258 e. The zero-order chi connectivity index (χ0) is 11.9. The fourth-order valence-corrected chi connectivity index (χ4v) is 2.95.